The van der Waals surface area contributed by atoms with E-state index >= 15 is 0 Å². The quantitative estimate of drug-likeness (QED) is 0.403. The molecule has 0 aromatic heterocycles. The van der Waals surface area contributed by atoms with Crippen LogP contribution >= 0.6 is 0 Å². The SMILES string of the molecule is C=CCON1C(=O)C(=O)[N+](OCC=C)=C2C=CC=CC21. The molecule has 20 heavy (non-hydrogen) atoms. The van der Waals surface area contributed by atoms with Gasteiger partial charge >= 0.3 is 11.8 Å². The predicted molar refractivity (Wildman–Crippen MR) is 71.5 cm³/mol. The average Bonchev–Trinajstić information content (AvgIpc) is 2.47. The zero-order valence-corrected chi connectivity index (χ0v) is 10.9. The van der Waals surface area contributed by atoms with Gasteiger partial charge in [0.05, 0.1) is 11.3 Å². The summed E-state index contributed by atoms with van der Waals surface area (Å²) < 4.78 is 0.989. The zero-order chi connectivity index (χ0) is 14.5. The van der Waals surface area contributed by atoms with Crippen LogP contribution in [0.25, 0.3) is 0 Å². The van der Waals surface area contributed by atoms with Crippen LogP contribution in [0.1, 0.15) is 0 Å². The highest BCUT2D eigenvalue weighted by Crippen LogP contribution is 2.16. The Morgan fingerprint density at radius 2 is 2.00 bits per heavy atom. The maximum Gasteiger partial charge on any atom is 0.526 e. The van der Waals surface area contributed by atoms with Gasteiger partial charge in [-0.1, -0.05) is 24.8 Å². The van der Waals surface area contributed by atoms with Gasteiger partial charge in [0.15, 0.2) is 12.6 Å². The molecule has 1 heterocycles. The smallest absolute Gasteiger partial charge is 0.265 e. The monoisotopic (exact) mass is 275 g/mol. The van der Waals surface area contributed by atoms with Crippen LogP contribution in [0.4, 0.5) is 0 Å². The van der Waals surface area contributed by atoms with Gasteiger partial charge in [-0.15, -0.1) is 6.58 Å². The molecule has 0 saturated carbocycles. The molecule has 0 aromatic rings. The van der Waals surface area contributed by atoms with E-state index in [1.807, 2.05) is 0 Å². The fraction of sp³-hybridized carbons (Fsp3) is 0.214. The van der Waals surface area contributed by atoms with Crippen LogP contribution in [0, 0.1) is 0 Å². The van der Waals surface area contributed by atoms with Crippen LogP contribution in [0.3, 0.4) is 0 Å². The summed E-state index contributed by atoms with van der Waals surface area (Å²) in [5.74, 6) is -1.59. The van der Waals surface area contributed by atoms with E-state index in [1.54, 1.807) is 24.3 Å². The largest absolute Gasteiger partial charge is 0.526 e. The number of amides is 2. The Morgan fingerprint density at radius 1 is 1.25 bits per heavy atom. The van der Waals surface area contributed by atoms with Gasteiger partial charge in [0, 0.05) is 6.08 Å². The second-order valence-electron chi connectivity index (χ2n) is 4.01. The Bertz CT molecular complexity index is 545. The summed E-state index contributed by atoms with van der Waals surface area (Å²) in [4.78, 5) is 34.6. The summed E-state index contributed by atoms with van der Waals surface area (Å²) in [6.07, 6.45) is 9.96. The highest BCUT2D eigenvalue weighted by molar-refractivity contribution is 6.34. The molecule has 2 rings (SSSR count). The summed E-state index contributed by atoms with van der Waals surface area (Å²) >= 11 is 0. The van der Waals surface area contributed by atoms with E-state index < -0.39 is 17.9 Å². The van der Waals surface area contributed by atoms with Crippen LogP contribution in [-0.2, 0) is 19.3 Å². The molecule has 0 fully saturated rings. The van der Waals surface area contributed by atoms with Crippen molar-refractivity contribution in [1.29, 1.82) is 0 Å². The molecule has 0 radical (unpaired) electrons. The second kappa shape index (κ2) is 6.12. The second-order valence-corrected chi connectivity index (χ2v) is 4.01. The van der Waals surface area contributed by atoms with Crippen molar-refractivity contribution in [1.82, 2.24) is 5.06 Å². The molecule has 1 aliphatic carbocycles. The van der Waals surface area contributed by atoms with Crippen molar-refractivity contribution in [3.8, 4) is 0 Å². The van der Waals surface area contributed by atoms with Crippen LogP contribution in [0.5, 0.6) is 0 Å². The number of allylic oxidation sites excluding steroid dienone is 2. The Labute approximate surface area is 116 Å². The van der Waals surface area contributed by atoms with Crippen molar-refractivity contribution < 1.29 is 24.0 Å². The molecule has 6 heteroatoms. The number of carbonyl (C=O) groups excluding carboxylic acids is 2. The molecule has 1 atom stereocenters. The number of rotatable bonds is 6. The van der Waals surface area contributed by atoms with Crippen molar-refractivity contribution in [2.75, 3.05) is 13.2 Å². The molecular weight excluding hydrogens is 260 g/mol. The predicted octanol–water partition coefficient (Wildman–Crippen LogP) is 0.538. The molecule has 0 spiro atoms. The van der Waals surface area contributed by atoms with Gasteiger partial charge in [-0.05, 0) is 12.2 Å². The molecule has 2 aliphatic rings. The van der Waals surface area contributed by atoms with E-state index in [4.69, 9.17) is 9.68 Å². The first kappa shape index (κ1) is 14.0. The number of nitrogens with zero attached hydrogens (tertiary/aromatic N) is 2. The molecule has 0 saturated heterocycles. The lowest BCUT2D eigenvalue weighted by atomic mass is 10.0. The number of hydroxylamine groups is 3. The minimum absolute atomic E-state index is 0.125. The molecule has 104 valence electrons. The van der Waals surface area contributed by atoms with E-state index in [2.05, 4.69) is 13.2 Å². The van der Waals surface area contributed by atoms with E-state index in [9.17, 15) is 9.59 Å². The third-order valence-electron chi connectivity index (χ3n) is 2.68. The van der Waals surface area contributed by atoms with E-state index in [0.717, 1.165) is 9.80 Å². The molecule has 1 unspecified atom stereocenters. The van der Waals surface area contributed by atoms with Crippen molar-refractivity contribution in [2.45, 2.75) is 6.04 Å². The van der Waals surface area contributed by atoms with Crippen LogP contribution in [0.2, 0.25) is 0 Å². The summed E-state index contributed by atoms with van der Waals surface area (Å²) in [5.41, 5.74) is 0.517. The van der Waals surface area contributed by atoms with E-state index in [1.165, 1.54) is 12.2 Å². The molecule has 0 bridgehead atoms. The normalized spacial score (nSPS) is 21.0. The summed E-state index contributed by atoms with van der Waals surface area (Å²) in [6, 6.07) is -0.505. The Kier molecular flexibility index (Phi) is 4.27. The summed E-state index contributed by atoms with van der Waals surface area (Å²) in [7, 11) is 0. The topological polar surface area (TPSA) is 58.8 Å². The maximum atomic E-state index is 12.1. The third kappa shape index (κ3) is 2.46. The standard InChI is InChI=1S/C14H15N2O4/c1-3-9-19-15-11-7-5-6-8-12(11)16(20-10-4-2)14(18)13(15)17/h3-8,11H,1-2,9-10H2/q+1. The lowest BCUT2D eigenvalue weighted by molar-refractivity contribution is -0.718. The fourth-order valence-electron chi connectivity index (χ4n) is 1.86. The zero-order valence-electron chi connectivity index (χ0n) is 10.9. The molecule has 0 N–H and O–H groups in total. The van der Waals surface area contributed by atoms with Gasteiger partial charge < -0.3 is 0 Å². The van der Waals surface area contributed by atoms with Gasteiger partial charge in [0.2, 0.25) is 0 Å². The van der Waals surface area contributed by atoms with Crippen molar-refractivity contribution in [2.24, 2.45) is 0 Å². The maximum absolute atomic E-state index is 12.1. The van der Waals surface area contributed by atoms with Gasteiger partial charge in [-0.2, -0.15) is 5.06 Å². The minimum atomic E-state index is -0.804. The molecule has 2 amide bonds. The summed E-state index contributed by atoms with van der Waals surface area (Å²) in [6.45, 7) is 7.29. The number of hydrogen-bond donors (Lipinski definition) is 0. The molecule has 1 aliphatic heterocycles. The van der Waals surface area contributed by atoms with Crippen molar-refractivity contribution >= 4 is 17.5 Å². The summed E-state index contributed by atoms with van der Waals surface area (Å²) in [5, 5.41) is 1.03. The van der Waals surface area contributed by atoms with Gasteiger partial charge in [0.25, 0.3) is 5.71 Å². The van der Waals surface area contributed by atoms with Gasteiger partial charge in [-0.25, -0.2) is 4.79 Å². The van der Waals surface area contributed by atoms with Gasteiger partial charge in [-0.3, -0.25) is 14.5 Å². The first-order valence-electron chi connectivity index (χ1n) is 6.07. The van der Waals surface area contributed by atoms with Gasteiger partial charge in [0.1, 0.15) is 0 Å². The average molecular weight is 275 g/mol. The van der Waals surface area contributed by atoms with Crippen LogP contribution in [-0.4, -0.2) is 46.6 Å². The molecular formula is C14H15N2O4+. The minimum Gasteiger partial charge on any atom is -0.265 e. The van der Waals surface area contributed by atoms with Crippen molar-refractivity contribution in [3.05, 3.63) is 49.6 Å². The fourth-order valence-corrected chi connectivity index (χ4v) is 1.86. The van der Waals surface area contributed by atoms with Crippen molar-refractivity contribution in [3.63, 3.8) is 0 Å². The number of fused-ring (bicyclic) bond motifs is 1. The molecule has 0 aromatic carbocycles. The highest BCUT2D eigenvalue weighted by Gasteiger charge is 2.49. The lowest BCUT2D eigenvalue weighted by Gasteiger charge is -2.28. The number of carbonyl (C=O) groups is 2. The Hall–Kier alpha value is -2.47. The van der Waals surface area contributed by atoms with Crippen LogP contribution < -0.4 is 0 Å². The highest BCUT2D eigenvalue weighted by atomic mass is 16.7. The molecule has 6 nitrogen and oxygen atoms in total. The van der Waals surface area contributed by atoms with E-state index in [0.29, 0.717) is 5.71 Å². The van der Waals surface area contributed by atoms with E-state index in [-0.39, 0.29) is 13.2 Å². The Morgan fingerprint density at radius 3 is 2.70 bits per heavy atom. The number of hydrogen-bond acceptors (Lipinski definition) is 4. The Balaban J connectivity index is 2.38. The lowest BCUT2D eigenvalue weighted by Crippen LogP contribution is -2.57. The first-order chi connectivity index (χ1) is 9.70. The third-order valence-corrected chi connectivity index (χ3v) is 2.68. The first-order valence-corrected chi connectivity index (χ1v) is 6.07. The van der Waals surface area contributed by atoms with Crippen LogP contribution in [0.15, 0.2) is 49.6 Å².